The molecule has 6 nitrogen and oxygen atoms in total. The van der Waals surface area contributed by atoms with Crippen LogP contribution in [0.4, 0.5) is 0 Å². The number of hydrogen-bond donors (Lipinski definition) is 0. The molecular formula is C22H30N2O4S. The largest absolute Gasteiger partial charge is 0.349 e. The van der Waals surface area contributed by atoms with Crippen molar-refractivity contribution in [1.29, 1.82) is 0 Å². The lowest BCUT2D eigenvalue weighted by Crippen LogP contribution is -2.36. The molecule has 1 aliphatic carbocycles. The molecule has 1 saturated carbocycles. The van der Waals surface area contributed by atoms with Crippen LogP contribution < -0.4 is 5.69 Å². The van der Waals surface area contributed by atoms with E-state index in [1.165, 1.54) is 37.7 Å². The molecule has 0 radical (unpaired) electrons. The molecule has 158 valence electrons. The average Bonchev–Trinajstić information content (AvgIpc) is 3.10. The number of nitrogens with zero attached hydrogens (tertiary/aromatic N) is 2. The zero-order valence-corrected chi connectivity index (χ0v) is 18.2. The highest BCUT2D eigenvalue weighted by Gasteiger charge is 2.29. The molecule has 1 heterocycles. The van der Waals surface area contributed by atoms with Crippen LogP contribution in [0.2, 0.25) is 0 Å². The van der Waals surface area contributed by atoms with Gasteiger partial charge in [0.15, 0.2) is 0 Å². The molecule has 0 spiro atoms. The summed E-state index contributed by atoms with van der Waals surface area (Å²) in [6.45, 7) is 5.89. The van der Waals surface area contributed by atoms with Gasteiger partial charge in [-0.05, 0) is 68.7 Å². The van der Waals surface area contributed by atoms with E-state index in [1.54, 1.807) is 12.1 Å². The van der Waals surface area contributed by atoms with E-state index in [9.17, 15) is 18.0 Å². The maximum atomic E-state index is 12.9. The van der Waals surface area contributed by atoms with Crippen molar-refractivity contribution >= 4 is 15.9 Å². The second-order valence-electron chi connectivity index (χ2n) is 8.20. The Bertz CT molecular complexity index is 1040. The molecule has 7 heteroatoms. The predicted molar refractivity (Wildman–Crippen MR) is 113 cm³/mol. The molecule has 1 aliphatic rings. The van der Waals surface area contributed by atoms with Crippen LogP contribution in [0.1, 0.15) is 67.8 Å². The summed E-state index contributed by atoms with van der Waals surface area (Å²) in [6.07, 6.45) is 9.55. The van der Waals surface area contributed by atoms with Crippen molar-refractivity contribution in [2.24, 2.45) is 11.8 Å². The van der Waals surface area contributed by atoms with E-state index < -0.39 is 15.7 Å². The minimum Gasteiger partial charge on any atom is -0.274 e. The topological polar surface area (TPSA) is 78.1 Å². The Balaban J connectivity index is 1.79. The van der Waals surface area contributed by atoms with Gasteiger partial charge in [-0.15, -0.1) is 0 Å². The van der Waals surface area contributed by atoms with E-state index in [4.69, 9.17) is 0 Å². The lowest BCUT2D eigenvalue weighted by molar-refractivity contribution is 0.0776. The smallest absolute Gasteiger partial charge is 0.274 e. The lowest BCUT2D eigenvalue weighted by atomic mass is 9.79. The molecule has 0 bridgehead atoms. The fourth-order valence-electron chi connectivity index (χ4n) is 4.09. The summed E-state index contributed by atoms with van der Waals surface area (Å²) in [6, 6.07) is 4.75. The zero-order valence-electron chi connectivity index (χ0n) is 17.4. The third-order valence-corrected chi connectivity index (χ3v) is 7.83. The van der Waals surface area contributed by atoms with Gasteiger partial charge in [-0.2, -0.15) is 3.97 Å². The van der Waals surface area contributed by atoms with Gasteiger partial charge in [0.05, 0.1) is 4.90 Å². The van der Waals surface area contributed by atoms with Crippen molar-refractivity contribution in [3.05, 3.63) is 52.2 Å². The van der Waals surface area contributed by atoms with Crippen molar-refractivity contribution in [3.63, 3.8) is 0 Å². The molecule has 0 amide bonds. The first kappa shape index (κ1) is 21.6. The summed E-state index contributed by atoms with van der Waals surface area (Å²) in [5.74, 6) is 0.147. The minimum absolute atomic E-state index is 0.0457. The van der Waals surface area contributed by atoms with Crippen molar-refractivity contribution in [2.45, 2.75) is 70.6 Å². The molecule has 2 aromatic rings. The second kappa shape index (κ2) is 8.69. The summed E-state index contributed by atoms with van der Waals surface area (Å²) in [7, 11) is -4.04. The molecule has 3 rings (SSSR count). The molecule has 0 unspecified atom stereocenters. The van der Waals surface area contributed by atoms with Crippen molar-refractivity contribution in [1.82, 2.24) is 8.54 Å². The Kier molecular flexibility index (Phi) is 6.46. The third kappa shape index (κ3) is 4.39. The Morgan fingerprint density at radius 2 is 1.76 bits per heavy atom. The van der Waals surface area contributed by atoms with Crippen LogP contribution in [0.3, 0.4) is 0 Å². The molecule has 0 aliphatic heterocycles. The van der Waals surface area contributed by atoms with Crippen LogP contribution in [0.25, 0.3) is 0 Å². The number of carbonyl (C=O) groups excluding carboxylic acids is 1. The number of imidazole rings is 1. The summed E-state index contributed by atoms with van der Waals surface area (Å²) in [5.41, 5.74) is 0.981. The number of hydrogen-bond acceptors (Lipinski definition) is 4. The van der Waals surface area contributed by atoms with Gasteiger partial charge in [-0.25, -0.2) is 17.8 Å². The number of unbranched alkanes of at least 4 members (excludes halogenated alkanes) is 1. The van der Waals surface area contributed by atoms with Gasteiger partial charge < -0.3 is 0 Å². The first-order chi connectivity index (χ1) is 13.8. The van der Waals surface area contributed by atoms with Gasteiger partial charge in [0.2, 0.25) is 5.91 Å². The lowest BCUT2D eigenvalue weighted by Gasteiger charge is -2.27. The summed E-state index contributed by atoms with van der Waals surface area (Å²) < 4.78 is 27.5. The first-order valence-corrected chi connectivity index (χ1v) is 11.9. The van der Waals surface area contributed by atoms with Crippen molar-refractivity contribution < 1.29 is 13.2 Å². The van der Waals surface area contributed by atoms with E-state index in [0.717, 1.165) is 41.4 Å². The zero-order chi connectivity index (χ0) is 21.2. The summed E-state index contributed by atoms with van der Waals surface area (Å²) in [4.78, 5) is 25.7. The number of benzene rings is 1. The maximum absolute atomic E-state index is 12.9. The van der Waals surface area contributed by atoms with E-state index >= 15 is 0 Å². The summed E-state index contributed by atoms with van der Waals surface area (Å²) in [5, 5.41) is 0. The van der Waals surface area contributed by atoms with E-state index in [1.807, 2.05) is 13.8 Å². The molecule has 0 atom stereocenters. The standard InChI is InChI=1S/C22H30N2O4S/c1-4-5-6-18-8-10-19(11-9-18)21(25)23-13-14-24(22(23)26)29(27,28)20-12-7-16(2)17(3)15-20/h7,12-15,18-19H,4-6,8-11H2,1-3H3. The van der Waals surface area contributed by atoms with Crippen molar-refractivity contribution in [2.75, 3.05) is 0 Å². The molecule has 1 fully saturated rings. The minimum atomic E-state index is -4.04. The SMILES string of the molecule is CCCCC1CCC(C(=O)n2ccn(S(=O)(=O)c3ccc(C)c(C)c3)c2=O)CC1. The van der Waals surface area contributed by atoms with E-state index in [0.29, 0.717) is 9.89 Å². The maximum Gasteiger partial charge on any atom is 0.349 e. The quantitative estimate of drug-likeness (QED) is 0.706. The Morgan fingerprint density at radius 3 is 2.38 bits per heavy atom. The highest BCUT2D eigenvalue weighted by Crippen LogP contribution is 2.32. The number of rotatable bonds is 6. The molecule has 1 aromatic carbocycles. The first-order valence-electron chi connectivity index (χ1n) is 10.4. The fourth-order valence-corrected chi connectivity index (χ4v) is 5.39. The van der Waals surface area contributed by atoms with Crippen LogP contribution >= 0.6 is 0 Å². The van der Waals surface area contributed by atoms with Gasteiger partial charge in [-0.1, -0.05) is 32.3 Å². The third-order valence-electron chi connectivity index (χ3n) is 6.18. The normalized spacial score (nSPS) is 20.0. The number of carbonyl (C=O) groups is 1. The molecule has 0 saturated heterocycles. The number of aromatic nitrogens is 2. The highest BCUT2D eigenvalue weighted by atomic mass is 32.2. The van der Waals surface area contributed by atoms with Gasteiger partial charge >= 0.3 is 5.69 Å². The van der Waals surface area contributed by atoms with Crippen LogP contribution in [0.5, 0.6) is 0 Å². The predicted octanol–water partition coefficient (Wildman–Crippen LogP) is 4.14. The van der Waals surface area contributed by atoms with Gasteiger partial charge in [-0.3, -0.25) is 4.79 Å². The van der Waals surface area contributed by atoms with Gasteiger partial charge in [0.25, 0.3) is 10.0 Å². The van der Waals surface area contributed by atoms with Gasteiger partial charge in [0.1, 0.15) is 0 Å². The number of aryl methyl sites for hydroxylation is 2. The van der Waals surface area contributed by atoms with Crippen LogP contribution in [0.15, 0.2) is 40.3 Å². The Labute approximate surface area is 172 Å². The average molecular weight is 419 g/mol. The Morgan fingerprint density at radius 1 is 1.07 bits per heavy atom. The van der Waals surface area contributed by atoms with Crippen LogP contribution in [-0.4, -0.2) is 22.9 Å². The molecule has 1 aromatic heterocycles. The van der Waals surface area contributed by atoms with Crippen molar-refractivity contribution in [3.8, 4) is 0 Å². The van der Waals surface area contributed by atoms with E-state index in [-0.39, 0.29) is 16.7 Å². The second-order valence-corrected chi connectivity index (χ2v) is 10.0. The fraction of sp³-hybridized carbons (Fsp3) is 0.545. The van der Waals surface area contributed by atoms with E-state index in [2.05, 4.69) is 6.92 Å². The molecule has 0 N–H and O–H groups in total. The molecular weight excluding hydrogens is 388 g/mol. The molecule has 29 heavy (non-hydrogen) atoms. The monoisotopic (exact) mass is 418 g/mol. The Hall–Kier alpha value is -2.15. The van der Waals surface area contributed by atoms with Crippen LogP contribution in [-0.2, 0) is 10.0 Å². The van der Waals surface area contributed by atoms with Crippen LogP contribution in [0, 0.1) is 25.7 Å². The van der Waals surface area contributed by atoms with Gasteiger partial charge in [0, 0.05) is 18.3 Å². The highest BCUT2D eigenvalue weighted by molar-refractivity contribution is 7.90. The summed E-state index contributed by atoms with van der Waals surface area (Å²) >= 11 is 0.